The van der Waals surface area contributed by atoms with Gasteiger partial charge in [-0.25, -0.2) is 0 Å². The molecule has 0 spiro atoms. The molecule has 22 heavy (non-hydrogen) atoms. The predicted octanol–water partition coefficient (Wildman–Crippen LogP) is 2.80. The fourth-order valence-corrected chi connectivity index (χ4v) is 1.69. The Morgan fingerprint density at radius 2 is 1.41 bits per heavy atom. The van der Waals surface area contributed by atoms with E-state index in [2.05, 4.69) is 0 Å². The molecular weight excluding hydrogens is 288 g/mol. The third-order valence-electron chi connectivity index (χ3n) is 3.08. The van der Waals surface area contributed by atoms with Crippen LogP contribution in [0.15, 0.2) is 0 Å². The van der Waals surface area contributed by atoms with E-state index in [0.717, 1.165) is 25.7 Å². The highest BCUT2D eigenvalue weighted by atomic mass is 16.4. The summed E-state index contributed by atoms with van der Waals surface area (Å²) < 4.78 is 0. The third kappa shape index (κ3) is 23.9. The van der Waals surface area contributed by atoms with E-state index in [1.807, 2.05) is 6.92 Å². The first-order chi connectivity index (χ1) is 10.1. The van der Waals surface area contributed by atoms with Crippen molar-refractivity contribution < 1.29 is 30.0 Å². The minimum absolute atomic E-state index is 0.204. The largest absolute Gasteiger partial charge is 0.481 e. The monoisotopic (exact) mass is 320 g/mol. The SMILES string of the molecule is CC(C)(O)CCCCC(=O)O.CCC(O)CCCCC(=O)O. The molecule has 0 aromatic rings. The number of carboxylic acid groups (broad SMARTS) is 2. The number of aliphatic hydroxyl groups is 2. The predicted molar refractivity (Wildman–Crippen MR) is 84.8 cm³/mol. The summed E-state index contributed by atoms with van der Waals surface area (Å²) in [4.78, 5) is 20.1. The molecule has 6 nitrogen and oxygen atoms in total. The lowest BCUT2D eigenvalue weighted by atomic mass is 10.0. The first kappa shape index (κ1) is 23.1. The summed E-state index contributed by atoms with van der Waals surface area (Å²) in [6.45, 7) is 5.38. The van der Waals surface area contributed by atoms with Crippen LogP contribution >= 0.6 is 0 Å². The highest BCUT2D eigenvalue weighted by Crippen LogP contribution is 2.12. The molecular formula is C16H32O6. The molecule has 0 aliphatic rings. The smallest absolute Gasteiger partial charge is 0.303 e. The summed E-state index contributed by atoms with van der Waals surface area (Å²) in [5, 5.41) is 34.9. The standard InChI is InChI=1S/2C8H16O3/c1-8(2,11)6-4-3-5-7(9)10;1-2-7(9)5-3-4-6-8(10)11/h11H,3-6H2,1-2H3,(H,9,10);7,9H,2-6H2,1H3,(H,10,11). The zero-order valence-corrected chi connectivity index (χ0v) is 14.0. The van der Waals surface area contributed by atoms with Crippen LogP contribution in [0.1, 0.15) is 78.6 Å². The summed E-state index contributed by atoms with van der Waals surface area (Å²) in [7, 11) is 0. The van der Waals surface area contributed by atoms with Gasteiger partial charge < -0.3 is 20.4 Å². The Labute approximate surface area is 133 Å². The minimum Gasteiger partial charge on any atom is -0.481 e. The molecule has 1 unspecified atom stereocenters. The van der Waals surface area contributed by atoms with Crippen molar-refractivity contribution in [1.29, 1.82) is 0 Å². The molecule has 0 aromatic carbocycles. The number of carboxylic acids is 2. The Morgan fingerprint density at radius 1 is 0.955 bits per heavy atom. The van der Waals surface area contributed by atoms with Gasteiger partial charge in [0.25, 0.3) is 0 Å². The summed E-state index contributed by atoms with van der Waals surface area (Å²) in [6.07, 6.45) is 5.23. The van der Waals surface area contributed by atoms with Crippen LogP contribution < -0.4 is 0 Å². The molecule has 0 radical (unpaired) electrons. The van der Waals surface area contributed by atoms with Crippen molar-refractivity contribution in [2.45, 2.75) is 90.3 Å². The highest BCUT2D eigenvalue weighted by molar-refractivity contribution is 5.66. The quantitative estimate of drug-likeness (QED) is 0.435. The molecule has 132 valence electrons. The number of hydrogen-bond acceptors (Lipinski definition) is 4. The van der Waals surface area contributed by atoms with Crippen molar-refractivity contribution in [2.24, 2.45) is 0 Å². The van der Waals surface area contributed by atoms with Gasteiger partial charge in [-0.2, -0.15) is 0 Å². The van der Waals surface area contributed by atoms with E-state index < -0.39 is 17.5 Å². The lowest BCUT2D eigenvalue weighted by Crippen LogP contribution is -2.17. The van der Waals surface area contributed by atoms with Gasteiger partial charge in [0, 0.05) is 12.8 Å². The second-order valence-corrected chi connectivity index (χ2v) is 6.11. The summed E-state index contributed by atoms with van der Waals surface area (Å²) in [5.41, 5.74) is -0.654. The van der Waals surface area contributed by atoms with Gasteiger partial charge >= 0.3 is 11.9 Å². The van der Waals surface area contributed by atoms with Crippen molar-refractivity contribution in [1.82, 2.24) is 0 Å². The lowest BCUT2D eigenvalue weighted by Gasteiger charge is -2.15. The Balaban J connectivity index is 0. The lowest BCUT2D eigenvalue weighted by molar-refractivity contribution is -0.138. The summed E-state index contributed by atoms with van der Waals surface area (Å²) >= 11 is 0. The van der Waals surface area contributed by atoms with Gasteiger partial charge in [0.05, 0.1) is 11.7 Å². The van der Waals surface area contributed by atoms with E-state index in [4.69, 9.17) is 15.3 Å². The second-order valence-electron chi connectivity index (χ2n) is 6.11. The van der Waals surface area contributed by atoms with Crippen LogP contribution in [-0.4, -0.2) is 44.1 Å². The molecule has 0 heterocycles. The molecule has 0 bridgehead atoms. The van der Waals surface area contributed by atoms with Crippen LogP contribution in [-0.2, 0) is 9.59 Å². The fraction of sp³-hybridized carbons (Fsp3) is 0.875. The van der Waals surface area contributed by atoms with E-state index in [1.54, 1.807) is 13.8 Å². The molecule has 0 rings (SSSR count). The molecule has 0 aliphatic carbocycles. The maximum absolute atomic E-state index is 10.1. The number of hydrogen-bond donors (Lipinski definition) is 4. The topological polar surface area (TPSA) is 115 Å². The average molecular weight is 320 g/mol. The van der Waals surface area contributed by atoms with Crippen LogP contribution in [0.5, 0.6) is 0 Å². The third-order valence-corrected chi connectivity index (χ3v) is 3.08. The highest BCUT2D eigenvalue weighted by Gasteiger charge is 2.11. The summed E-state index contributed by atoms with van der Waals surface area (Å²) in [5.74, 6) is -1.52. The average Bonchev–Trinajstić information content (AvgIpc) is 2.39. The molecule has 0 saturated heterocycles. The molecule has 6 heteroatoms. The minimum atomic E-state index is -0.763. The van der Waals surface area contributed by atoms with Gasteiger partial charge in [-0.05, 0) is 46.0 Å². The molecule has 1 atom stereocenters. The maximum atomic E-state index is 10.1. The first-order valence-corrected chi connectivity index (χ1v) is 7.92. The molecule has 0 aliphatic heterocycles. The zero-order chi connectivity index (χ0) is 17.6. The van der Waals surface area contributed by atoms with Crippen molar-refractivity contribution in [3.63, 3.8) is 0 Å². The van der Waals surface area contributed by atoms with E-state index in [9.17, 15) is 14.7 Å². The van der Waals surface area contributed by atoms with Gasteiger partial charge in [0.2, 0.25) is 0 Å². The van der Waals surface area contributed by atoms with E-state index >= 15 is 0 Å². The number of aliphatic hydroxyl groups excluding tert-OH is 1. The van der Waals surface area contributed by atoms with Crippen LogP contribution in [0.4, 0.5) is 0 Å². The van der Waals surface area contributed by atoms with Gasteiger partial charge in [-0.15, -0.1) is 0 Å². The number of rotatable bonds is 11. The van der Waals surface area contributed by atoms with E-state index in [-0.39, 0.29) is 18.9 Å². The molecule has 0 saturated carbocycles. The van der Waals surface area contributed by atoms with E-state index in [1.165, 1.54) is 0 Å². The maximum Gasteiger partial charge on any atom is 0.303 e. The molecule has 0 amide bonds. The summed E-state index contributed by atoms with van der Waals surface area (Å²) in [6, 6.07) is 0. The molecule has 0 aromatic heterocycles. The van der Waals surface area contributed by atoms with Crippen LogP contribution in [0.2, 0.25) is 0 Å². The zero-order valence-electron chi connectivity index (χ0n) is 14.0. The van der Waals surface area contributed by atoms with Gasteiger partial charge in [-0.3, -0.25) is 9.59 Å². The Bertz CT molecular complexity index is 296. The number of carbonyl (C=O) groups is 2. The van der Waals surface area contributed by atoms with Crippen molar-refractivity contribution in [3.8, 4) is 0 Å². The van der Waals surface area contributed by atoms with E-state index in [0.29, 0.717) is 19.3 Å². The van der Waals surface area contributed by atoms with Gasteiger partial charge in [0.1, 0.15) is 0 Å². The van der Waals surface area contributed by atoms with Crippen molar-refractivity contribution in [3.05, 3.63) is 0 Å². The number of unbranched alkanes of at least 4 members (excludes halogenated alkanes) is 2. The van der Waals surface area contributed by atoms with Crippen molar-refractivity contribution >= 4 is 11.9 Å². The Morgan fingerprint density at radius 3 is 1.77 bits per heavy atom. The fourth-order valence-electron chi connectivity index (χ4n) is 1.69. The van der Waals surface area contributed by atoms with Gasteiger partial charge in [-0.1, -0.05) is 19.8 Å². The second kappa shape index (κ2) is 13.5. The normalized spacial score (nSPS) is 12.2. The first-order valence-electron chi connectivity index (χ1n) is 7.92. The van der Waals surface area contributed by atoms with Crippen LogP contribution in [0.25, 0.3) is 0 Å². The van der Waals surface area contributed by atoms with Gasteiger partial charge in [0.15, 0.2) is 0 Å². The Hall–Kier alpha value is -1.14. The van der Waals surface area contributed by atoms with Crippen LogP contribution in [0.3, 0.4) is 0 Å². The Kier molecular flexibility index (Phi) is 14.2. The number of aliphatic carboxylic acids is 2. The van der Waals surface area contributed by atoms with Crippen LogP contribution in [0, 0.1) is 0 Å². The van der Waals surface area contributed by atoms with Crippen molar-refractivity contribution in [2.75, 3.05) is 0 Å². The molecule has 4 N–H and O–H groups in total. The molecule has 0 fully saturated rings.